The molecule has 6 nitrogen and oxygen atoms in total. The van der Waals surface area contributed by atoms with Gasteiger partial charge in [-0.15, -0.1) is 0 Å². The molecule has 0 amide bonds. The Morgan fingerprint density at radius 1 is 1.25 bits per heavy atom. The second-order valence-corrected chi connectivity index (χ2v) is 5.35. The number of carbonyl (C=O) groups is 2. The van der Waals surface area contributed by atoms with E-state index in [2.05, 4.69) is 0 Å². The van der Waals surface area contributed by atoms with Crippen LogP contribution in [-0.2, 0) is 20.9 Å². The van der Waals surface area contributed by atoms with E-state index in [1.807, 2.05) is 0 Å². The number of hydrogen-bond donors (Lipinski definition) is 2. The highest BCUT2D eigenvalue weighted by atomic mass is 16.6. The largest absolute Gasteiger partial charge is 0.478 e. The number of carbonyl (C=O) groups excluding carboxylic acids is 1. The molecule has 20 heavy (non-hydrogen) atoms. The Morgan fingerprint density at radius 3 is 2.45 bits per heavy atom. The number of nitrogens with two attached hydrogens (primary N) is 1. The van der Waals surface area contributed by atoms with Gasteiger partial charge in [-0.25, -0.2) is 9.59 Å². The van der Waals surface area contributed by atoms with Crippen molar-refractivity contribution in [2.75, 3.05) is 12.3 Å². The van der Waals surface area contributed by atoms with Gasteiger partial charge in [0.15, 0.2) is 0 Å². The molecule has 1 aromatic rings. The van der Waals surface area contributed by atoms with E-state index >= 15 is 0 Å². The number of aromatic carboxylic acids is 1. The minimum Gasteiger partial charge on any atom is -0.478 e. The molecule has 0 radical (unpaired) electrons. The fraction of sp³-hybridized carbons (Fsp3) is 0.429. The minimum absolute atomic E-state index is 0.0841. The summed E-state index contributed by atoms with van der Waals surface area (Å²) in [6.45, 7) is 5.19. The Kier molecular flexibility index (Phi) is 5.10. The van der Waals surface area contributed by atoms with Crippen molar-refractivity contribution in [2.24, 2.45) is 0 Å². The normalized spacial score (nSPS) is 11.2. The van der Waals surface area contributed by atoms with Crippen LogP contribution in [0.5, 0.6) is 0 Å². The molecule has 0 unspecified atom stereocenters. The lowest BCUT2D eigenvalue weighted by Gasteiger charge is -2.19. The highest BCUT2D eigenvalue weighted by Crippen LogP contribution is 2.13. The van der Waals surface area contributed by atoms with Crippen molar-refractivity contribution in [2.45, 2.75) is 33.0 Å². The van der Waals surface area contributed by atoms with Gasteiger partial charge in [0.05, 0.1) is 12.2 Å². The van der Waals surface area contributed by atoms with Crippen LogP contribution in [0.2, 0.25) is 0 Å². The molecule has 0 saturated carbocycles. The lowest BCUT2D eigenvalue weighted by atomic mass is 10.1. The molecule has 6 heteroatoms. The topological polar surface area (TPSA) is 98.9 Å². The molecule has 110 valence electrons. The van der Waals surface area contributed by atoms with Crippen LogP contribution >= 0.6 is 0 Å². The zero-order chi connectivity index (χ0) is 15.3. The summed E-state index contributed by atoms with van der Waals surface area (Å²) in [5.41, 5.74) is 6.05. The maximum Gasteiger partial charge on any atom is 0.335 e. The zero-order valence-electron chi connectivity index (χ0n) is 11.8. The molecule has 0 spiro atoms. The zero-order valence-corrected chi connectivity index (χ0v) is 11.8. The van der Waals surface area contributed by atoms with Crippen LogP contribution < -0.4 is 5.73 Å². The van der Waals surface area contributed by atoms with Gasteiger partial charge in [0, 0.05) is 5.69 Å². The highest BCUT2D eigenvalue weighted by Gasteiger charge is 2.16. The van der Waals surface area contributed by atoms with E-state index in [0.717, 1.165) is 0 Å². The van der Waals surface area contributed by atoms with Gasteiger partial charge in [0.1, 0.15) is 12.2 Å². The standard InChI is InChI=1S/C14H19NO5/c1-14(2,3)20-12(16)8-19-7-9-4-10(13(17)18)6-11(15)5-9/h4-6H,7-8,15H2,1-3H3,(H,17,18). The highest BCUT2D eigenvalue weighted by molar-refractivity contribution is 5.89. The van der Waals surface area contributed by atoms with E-state index in [4.69, 9.17) is 20.3 Å². The summed E-state index contributed by atoms with van der Waals surface area (Å²) in [6, 6.07) is 4.41. The lowest BCUT2D eigenvalue weighted by molar-refractivity contribution is -0.160. The first kappa shape index (κ1) is 16.0. The molecule has 1 rings (SSSR count). The van der Waals surface area contributed by atoms with Gasteiger partial charge in [-0.05, 0) is 44.5 Å². The fourth-order valence-electron chi connectivity index (χ4n) is 1.55. The number of ether oxygens (including phenoxy) is 2. The molecule has 3 N–H and O–H groups in total. The molecule has 0 fully saturated rings. The third-order valence-electron chi connectivity index (χ3n) is 2.17. The van der Waals surface area contributed by atoms with E-state index in [9.17, 15) is 9.59 Å². The van der Waals surface area contributed by atoms with Crippen LogP contribution in [0.3, 0.4) is 0 Å². The van der Waals surface area contributed by atoms with Crippen molar-refractivity contribution in [3.05, 3.63) is 29.3 Å². The molecule has 0 bridgehead atoms. The average molecular weight is 281 g/mol. The number of esters is 1. The number of hydrogen-bond acceptors (Lipinski definition) is 5. The van der Waals surface area contributed by atoms with Crippen molar-refractivity contribution in [1.82, 2.24) is 0 Å². The Bertz CT molecular complexity index is 505. The fourth-order valence-corrected chi connectivity index (χ4v) is 1.55. The summed E-state index contributed by atoms with van der Waals surface area (Å²) < 4.78 is 10.3. The molecular weight excluding hydrogens is 262 g/mol. The third kappa shape index (κ3) is 5.71. The summed E-state index contributed by atoms with van der Waals surface area (Å²) in [5, 5.41) is 8.90. The molecule has 0 aliphatic carbocycles. The Labute approximate surface area is 117 Å². The predicted molar refractivity (Wildman–Crippen MR) is 73.3 cm³/mol. The molecule has 0 atom stereocenters. The van der Waals surface area contributed by atoms with Crippen molar-refractivity contribution in [3.8, 4) is 0 Å². The van der Waals surface area contributed by atoms with Crippen LogP contribution in [0.1, 0.15) is 36.7 Å². The summed E-state index contributed by atoms with van der Waals surface area (Å²) in [7, 11) is 0. The van der Waals surface area contributed by atoms with Crippen LogP contribution in [-0.4, -0.2) is 29.3 Å². The Balaban J connectivity index is 2.54. The smallest absolute Gasteiger partial charge is 0.335 e. The van der Waals surface area contributed by atoms with Crippen molar-refractivity contribution in [3.63, 3.8) is 0 Å². The molecule has 0 aliphatic heterocycles. The first-order valence-electron chi connectivity index (χ1n) is 6.10. The molecule has 0 aliphatic rings. The van der Waals surface area contributed by atoms with Crippen molar-refractivity contribution in [1.29, 1.82) is 0 Å². The number of carboxylic acids is 1. The number of benzene rings is 1. The van der Waals surface area contributed by atoms with Crippen LogP contribution in [0.15, 0.2) is 18.2 Å². The van der Waals surface area contributed by atoms with Gasteiger partial charge >= 0.3 is 11.9 Å². The van der Waals surface area contributed by atoms with Gasteiger partial charge in [-0.1, -0.05) is 0 Å². The number of anilines is 1. The first-order chi connectivity index (χ1) is 9.17. The number of rotatable bonds is 5. The monoisotopic (exact) mass is 281 g/mol. The minimum atomic E-state index is -1.06. The summed E-state index contributed by atoms with van der Waals surface area (Å²) in [6.07, 6.45) is 0. The molecule has 0 aromatic heterocycles. The van der Waals surface area contributed by atoms with Crippen molar-refractivity contribution < 1.29 is 24.2 Å². The average Bonchev–Trinajstić information content (AvgIpc) is 2.25. The van der Waals surface area contributed by atoms with E-state index in [1.54, 1.807) is 26.8 Å². The summed E-state index contributed by atoms with van der Waals surface area (Å²) in [4.78, 5) is 22.3. The first-order valence-corrected chi connectivity index (χ1v) is 6.10. The maximum absolute atomic E-state index is 11.4. The molecule has 1 aromatic carbocycles. The van der Waals surface area contributed by atoms with E-state index in [1.165, 1.54) is 12.1 Å². The quantitative estimate of drug-likeness (QED) is 0.631. The summed E-state index contributed by atoms with van der Waals surface area (Å²) in [5.74, 6) is -1.54. The van der Waals surface area contributed by atoms with Crippen LogP contribution in [0.25, 0.3) is 0 Å². The predicted octanol–water partition coefficient (Wildman–Crippen LogP) is 1.83. The second kappa shape index (κ2) is 6.38. The third-order valence-corrected chi connectivity index (χ3v) is 2.17. The van der Waals surface area contributed by atoms with Gasteiger partial charge < -0.3 is 20.3 Å². The van der Waals surface area contributed by atoms with Crippen LogP contribution in [0.4, 0.5) is 5.69 Å². The lowest BCUT2D eigenvalue weighted by Crippen LogP contribution is -2.26. The van der Waals surface area contributed by atoms with E-state index in [-0.39, 0.29) is 18.8 Å². The van der Waals surface area contributed by atoms with Crippen molar-refractivity contribution >= 4 is 17.6 Å². The van der Waals surface area contributed by atoms with Gasteiger partial charge in [-0.3, -0.25) is 0 Å². The molecule has 0 saturated heterocycles. The van der Waals surface area contributed by atoms with Crippen LogP contribution in [0, 0.1) is 0 Å². The Hall–Kier alpha value is -2.08. The molecule has 0 heterocycles. The van der Waals surface area contributed by atoms with E-state index in [0.29, 0.717) is 11.3 Å². The van der Waals surface area contributed by atoms with E-state index < -0.39 is 17.5 Å². The maximum atomic E-state index is 11.4. The van der Waals surface area contributed by atoms with Gasteiger partial charge in [0.25, 0.3) is 0 Å². The second-order valence-electron chi connectivity index (χ2n) is 5.35. The number of nitrogen functional groups attached to an aromatic ring is 1. The van der Waals surface area contributed by atoms with Gasteiger partial charge in [-0.2, -0.15) is 0 Å². The summed E-state index contributed by atoms with van der Waals surface area (Å²) >= 11 is 0. The Morgan fingerprint density at radius 2 is 1.90 bits per heavy atom. The SMILES string of the molecule is CC(C)(C)OC(=O)COCc1cc(N)cc(C(=O)O)c1. The number of carboxylic acid groups (broad SMARTS) is 1. The van der Waals surface area contributed by atoms with Gasteiger partial charge in [0.2, 0.25) is 0 Å². The molecular formula is C14H19NO5.